The van der Waals surface area contributed by atoms with Gasteiger partial charge in [-0.25, -0.2) is 13.1 Å². The van der Waals surface area contributed by atoms with E-state index >= 15 is 0 Å². The van der Waals surface area contributed by atoms with Gasteiger partial charge in [0.25, 0.3) is 0 Å². The molecule has 0 spiro atoms. The monoisotopic (exact) mass is 316 g/mol. The summed E-state index contributed by atoms with van der Waals surface area (Å²) in [4.78, 5) is 0.228. The van der Waals surface area contributed by atoms with Crippen molar-refractivity contribution in [1.29, 1.82) is 0 Å². The number of nitrogens with zero attached hydrogens (tertiary/aromatic N) is 2. The average Bonchev–Trinajstić information content (AvgIpc) is 2.86. The van der Waals surface area contributed by atoms with E-state index < -0.39 is 10.0 Å². The van der Waals surface area contributed by atoms with Crippen LogP contribution in [0.5, 0.6) is 0 Å². The summed E-state index contributed by atoms with van der Waals surface area (Å²) < 4.78 is 28.9. The molecule has 2 N–H and O–H groups in total. The molecule has 0 aliphatic heterocycles. The second kappa shape index (κ2) is 7.38. The molecule has 0 unspecified atom stereocenters. The van der Waals surface area contributed by atoms with Crippen LogP contribution in [-0.2, 0) is 16.6 Å². The Hall–Kier alpha value is -0.920. The van der Waals surface area contributed by atoms with Gasteiger partial charge in [0.15, 0.2) is 0 Å². The van der Waals surface area contributed by atoms with E-state index in [-0.39, 0.29) is 10.3 Å². The van der Waals surface area contributed by atoms with Gasteiger partial charge in [-0.3, -0.25) is 4.68 Å². The van der Waals surface area contributed by atoms with E-state index in [4.69, 9.17) is 0 Å². The van der Waals surface area contributed by atoms with Crippen molar-refractivity contribution >= 4 is 10.0 Å². The van der Waals surface area contributed by atoms with Gasteiger partial charge in [0.05, 0.1) is 6.20 Å². The van der Waals surface area contributed by atoms with Gasteiger partial charge in [0.2, 0.25) is 10.0 Å². The van der Waals surface area contributed by atoms with E-state index in [1.54, 1.807) is 10.9 Å². The molecule has 0 saturated heterocycles. The van der Waals surface area contributed by atoms with E-state index in [0.29, 0.717) is 19.0 Å². The molecule has 0 fully saturated rings. The van der Waals surface area contributed by atoms with Crippen LogP contribution >= 0.6 is 0 Å². The summed E-state index contributed by atoms with van der Waals surface area (Å²) in [6.07, 6.45) is 3.90. The SMILES string of the molecule is CNCCCn1cc(S(=O)(=O)NCC(C)(C)C(C)C)cn1. The van der Waals surface area contributed by atoms with Crippen LogP contribution in [0.25, 0.3) is 0 Å². The minimum Gasteiger partial charge on any atom is -0.320 e. The largest absolute Gasteiger partial charge is 0.320 e. The van der Waals surface area contributed by atoms with Gasteiger partial charge in [-0.1, -0.05) is 27.7 Å². The number of nitrogens with one attached hydrogen (secondary N) is 2. The lowest BCUT2D eigenvalue weighted by Gasteiger charge is -2.29. The maximum Gasteiger partial charge on any atom is 0.243 e. The van der Waals surface area contributed by atoms with Crippen LogP contribution in [0.4, 0.5) is 0 Å². The van der Waals surface area contributed by atoms with Crippen LogP contribution in [0.3, 0.4) is 0 Å². The first-order chi connectivity index (χ1) is 9.69. The normalized spacial score (nSPS) is 13.0. The molecule has 1 rings (SSSR count). The third-order valence-electron chi connectivity index (χ3n) is 4.01. The fourth-order valence-electron chi connectivity index (χ4n) is 1.59. The van der Waals surface area contributed by atoms with Gasteiger partial charge in [-0.15, -0.1) is 0 Å². The summed E-state index contributed by atoms with van der Waals surface area (Å²) in [7, 11) is -1.60. The smallest absolute Gasteiger partial charge is 0.243 e. The fourth-order valence-corrected chi connectivity index (χ4v) is 2.77. The first-order valence-corrected chi connectivity index (χ1v) is 8.84. The Morgan fingerprint density at radius 1 is 1.38 bits per heavy atom. The van der Waals surface area contributed by atoms with Crippen LogP contribution < -0.4 is 10.0 Å². The minimum absolute atomic E-state index is 0.0874. The number of hydrogen-bond acceptors (Lipinski definition) is 4. The number of hydrogen-bond donors (Lipinski definition) is 2. The standard InChI is InChI=1S/C14H28N4O2S/c1-12(2)14(3,4)11-17-21(19,20)13-9-16-18(10-13)8-6-7-15-5/h9-10,12,15,17H,6-8,11H2,1-5H3. The molecule has 0 amide bonds. The molecule has 6 nitrogen and oxygen atoms in total. The molecule has 0 aromatic carbocycles. The molecule has 21 heavy (non-hydrogen) atoms. The lowest BCUT2D eigenvalue weighted by Crippen LogP contribution is -2.36. The van der Waals surface area contributed by atoms with Crippen LogP contribution in [0, 0.1) is 11.3 Å². The zero-order valence-corrected chi connectivity index (χ0v) is 14.5. The highest BCUT2D eigenvalue weighted by Gasteiger charge is 2.26. The highest BCUT2D eigenvalue weighted by Crippen LogP contribution is 2.25. The van der Waals surface area contributed by atoms with Crippen LogP contribution in [0.15, 0.2) is 17.3 Å². The van der Waals surface area contributed by atoms with Crippen LogP contribution in [0.1, 0.15) is 34.1 Å². The number of rotatable bonds is 9. The number of sulfonamides is 1. The molecule has 122 valence electrons. The number of aromatic nitrogens is 2. The Kier molecular flexibility index (Phi) is 6.37. The second-order valence-corrected chi connectivity index (χ2v) is 8.13. The van der Waals surface area contributed by atoms with Gasteiger partial charge in [-0.2, -0.15) is 5.10 Å². The summed E-state index contributed by atoms with van der Waals surface area (Å²) in [6.45, 7) is 10.3. The highest BCUT2D eigenvalue weighted by atomic mass is 32.2. The predicted octanol–water partition coefficient (Wildman–Crippen LogP) is 1.45. The first-order valence-electron chi connectivity index (χ1n) is 7.36. The quantitative estimate of drug-likeness (QED) is 0.676. The molecule has 0 saturated carbocycles. The third-order valence-corrected chi connectivity index (χ3v) is 5.37. The maximum atomic E-state index is 12.3. The van der Waals surface area contributed by atoms with Crippen molar-refractivity contribution in [3.63, 3.8) is 0 Å². The zero-order chi connectivity index (χ0) is 16.1. The summed E-state index contributed by atoms with van der Waals surface area (Å²) in [5.74, 6) is 0.393. The zero-order valence-electron chi connectivity index (χ0n) is 13.7. The lowest BCUT2D eigenvalue weighted by atomic mass is 9.81. The van der Waals surface area contributed by atoms with E-state index in [1.807, 2.05) is 7.05 Å². The summed E-state index contributed by atoms with van der Waals surface area (Å²) >= 11 is 0. The van der Waals surface area contributed by atoms with Gasteiger partial charge in [0, 0.05) is 19.3 Å². The molecule has 0 radical (unpaired) electrons. The van der Waals surface area contributed by atoms with Gasteiger partial charge >= 0.3 is 0 Å². The van der Waals surface area contributed by atoms with Crippen molar-refractivity contribution < 1.29 is 8.42 Å². The summed E-state index contributed by atoms with van der Waals surface area (Å²) in [5.41, 5.74) is -0.0874. The fraction of sp³-hybridized carbons (Fsp3) is 0.786. The Balaban J connectivity index is 2.66. The molecule has 0 atom stereocenters. The highest BCUT2D eigenvalue weighted by molar-refractivity contribution is 7.89. The van der Waals surface area contributed by atoms with E-state index in [2.05, 4.69) is 42.8 Å². The summed E-state index contributed by atoms with van der Waals surface area (Å²) in [6, 6.07) is 0. The third kappa shape index (κ3) is 5.41. The van der Waals surface area contributed by atoms with Crippen molar-refractivity contribution in [2.75, 3.05) is 20.1 Å². The minimum atomic E-state index is -3.49. The average molecular weight is 316 g/mol. The van der Waals surface area contributed by atoms with E-state index in [0.717, 1.165) is 13.0 Å². The molecule has 0 bridgehead atoms. The molecule has 1 aromatic rings. The maximum absolute atomic E-state index is 12.3. The Labute approximate surface area is 128 Å². The molecule has 0 aliphatic rings. The molecule has 7 heteroatoms. The van der Waals surface area contributed by atoms with Gasteiger partial charge < -0.3 is 5.32 Å². The van der Waals surface area contributed by atoms with Crippen molar-refractivity contribution in [3.8, 4) is 0 Å². The Bertz CT molecular complexity index is 535. The molecular weight excluding hydrogens is 288 g/mol. The second-order valence-electron chi connectivity index (χ2n) is 6.36. The first kappa shape index (κ1) is 18.1. The lowest BCUT2D eigenvalue weighted by molar-refractivity contribution is 0.252. The summed E-state index contributed by atoms with van der Waals surface area (Å²) in [5, 5.41) is 7.15. The van der Waals surface area contributed by atoms with Crippen molar-refractivity contribution in [2.24, 2.45) is 11.3 Å². The number of aryl methyl sites for hydroxylation is 1. The Morgan fingerprint density at radius 2 is 2.05 bits per heavy atom. The van der Waals surface area contributed by atoms with Gasteiger partial charge in [0.1, 0.15) is 4.90 Å². The predicted molar refractivity (Wildman–Crippen MR) is 84.6 cm³/mol. The van der Waals surface area contributed by atoms with Crippen molar-refractivity contribution in [2.45, 2.75) is 45.6 Å². The topological polar surface area (TPSA) is 76.0 Å². The van der Waals surface area contributed by atoms with E-state index in [1.165, 1.54) is 6.20 Å². The Morgan fingerprint density at radius 3 is 2.62 bits per heavy atom. The molecule has 1 heterocycles. The molecule has 1 aromatic heterocycles. The molecule has 0 aliphatic carbocycles. The van der Waals surface area contributed by atoms with Gasteiger partial charge in [-0.05, 0) is 31.3 Å². The van der Waals surface area contributed by atoms with Crippen LogP contribution in [-0.4, -0.2) is 38.3 Å². The van der Waals surface area contributed by atoms with Crippen molar-refractivity contribution in [1.82, 2.24) is 19.8 Å². The molecular formula is C14H28N4O2S. The van der Waals surface area contributed by atoms with E-state index in [9.17, 15) is 8.42 Å². The van der Waals surface area contributed by atoms with Crippen LogP contribution in [0.2, 0.25) is 0 Å². The van der Waals surface area contributed by atoms with Crippen molar-refractivity contribution in [3.05, 3.63) is 12.4 Å².